The lowest BCUT2D eigenvalue weighted by Crippen LogP contribution is -2.60. The van der Waals surface area contributed by atoms with Crippen molar-refractivity contribution in [2.45, 2.75) is 84.0 Å². The second kappa shape index (κ2) is 6.21. The highest BCUT2D eigenvalue weighted by atomic mass is 16.5. The van der Waals surface area contributed by atoms with Gasteiger partial charge in [0.25, 0.3) is 0 Å². The predicted octanol–water partition coefficient (Wildman–Crippen LogP) is 4.28. The zero-order valence-corrected chi connectivity index (χ0v) is 16.8. The van der Waals surface area contributed by atoms with Gasteiger partial charge in [-0.1, -0.05) is 20.8 Å². The van der Waals surface area contributed by atoms with Crippen molar-refractivity contribution in [3.8, 4) is 0 Å². The summed E-state index contributed by atoms with van der Waals surface area (Å²) in [7, 11) is 3.82. The van der Waals surface area contributed by atoms with E-state index in [4.69, 9.17) is 9.47 Å². The average Bonchev–Trinajstić information content (AvgIpc) is 2.91. The molecule has 4 fully saturated rings. The van der Waals surface area contributed by atoms with Crippen molar-refractivity contribution < 1.29 is 14.6 Å². The molecule has 4 aliphatic rings. The van der Waals surface area contributed by atoms with Gasteiger partial charge in [0.1, 0.15) is 0 Å². The fourth-order valence-corrected chi connectivity index (χ4v) is 8.25. The standard InChI is InChI=1S/C22H38O3/c1-13-11-21(2)14(10-17(13)23)6-7-15-16-8-9-19(25-5)22(16,3)12-18(24-4)20(15)21/h13-20,23H,6-12H2,1-5H3/t13-,14+,15+,16+,17+,18+,19+,20-,21+,22+/m1/s1. The van der Waals surface area contributed by atoms with Crippen molar-refractivity contribution in [3.05, 3.63) is 0 Å². The molecule has 10 atom stereocenters. The highest BCUT2D eigenvalue weighted by Crippen LogP contribution is 2.67. The Hall–Kier alpha value is -0.120. The number of hydrogen-bond acceptors (Lipinski definition) is 3. The smallest absolute Gasteiger partial charge is 0.0628 e. The fraction of sp³-hybridized carbons (Fsp3) is 1.00. The summed E-state index contributed by atoms with van der Waals surface area (Å²) >= 11 is 0. The fourth-order valence-electron chi connectivity index (χ4n) is 8.25. The number of aliphatic hydroxyl groups is 1. The minimum Gasteiger partial charge on any atom is -0.393 e. The number of ether oxygens (including phenoxy) is 2. The third-order valence-corrected chi connectivity index (χ3v) is 9.42. The molecule has 25 heavy (non-hydrogen) atoms. The first kappa shape index (κ1) is 18.3. The molecule has 0 saturated heterocycles. The van der Waals surface area contributed by atoms with Crippen LogP contribution in [0.1, 0.15) is 65.7 Å². The zero-order valence-electron chi connectivity index (χ0n) is 16.8. The maximum absolute atomic E-state index is 10.5. The Kier molecular flexibility index (Phi) is 4.53. The van der Waals surface area contributed by atoms with Crippen LogP contribution in [0, 0.1) is 40.4 Å². The number of hydrogen-bond donors (Lipinski definition) is 1. The van der Waals surface area contributed by atoms with E-state index in [0.717, 1.165) is 31.1 Å². The SMILES string of the molecule is CO[C@H]1C[C@]2(C)[C@@H](OC)CC[C@H]2[C@@H]2CC[C@H]3C[C@H](O)[C@H](C)C[C@]3(C)[C@H]21. The highest BCUT2D eigenvalue weighted by molar-refractivity contribution is 5.13. The summed E-state index contributed by atoms with van der Waals surface area (Å²) in [6.07, 6.45) is 9.10. The van der Waals surface area contributed by atoms with Gasteiger partial charge in [0, 0.05) is 14.2 Å². The summed E-state index contributed by atoms with van der Waals surface area (Å²) in [5.41, 5.74) is 0.605. The van der Waals surface area contributed by atoms with Crippen molar-refractivity contribution in [2.75, 3.05) is 14.2 Å². The first-order valence-corrected chi connectivity index (χ1v) is 10.6. The van der Waals surface area contributed by atoms with E-state index in [2.05, 4.69) is 20.8 Å². The lowest BCUT2D eigenvalue weighted by molar-refractivity contribution is -0.199. The van der Waals surface area contributed by atoms with E-state index >= 15 is 0 Å². The van der Waals surface area contributed by atoms with Crippen LogP contribution in [0.4, 0.5) is 0 Å². The van der Waals surface area contributed by atoms with E-state index in [-0.39, 0.29) is 11.5 Å². The molecule has 0 aliphatic heterocycles. The third kappa shape index (κ3) is 2.48. The van der Waals surface area contributed by atoms with Crippen LogP contribution in [0.25, 0.3) is 0 Å². The molecule has 0 aromatic carbocycles. The number of aliphatic hydroxyl groups excluding tert-OH is 1. The van der Waals surface area contributed by atoms with Crippen LogP contribution in [0.2, 0.25) is 0 Å². The van der Waals surface area contributed by atoms with Gasteiger partial charge >= 0.3 is 0 Å². The van der Waals surface area contributed by atoms with Gasteiger partial charge in [0.15, 0.2) is 0 Å². The molecule has 4 aliphatic carbocycles. The Morgan fingerprint density at radius 2 is 1.68 bits per heavy atom. The van der Waals surface area contributed by atoms with Gasteiger partial charge in [0.2, 0.25) is 0 Å². The van der Waals surface area contributed by atoms with Crippen LogP contribution in [-0.2, 0) is 9.47 Å². The van der Waals surface area contributed by atoms with Crippen molar-refractivity contribution in [3.63, 3.8) is 0 Å². The highest BCUT2D eigenvalue weighted by Gasteiger charge is 2.64. The zero-order chi connectivity index (χ0) is 18.0. The summed E-state index contributed by atoms with van der Waals surface area (Å²) in [6.45, 7) is 7.26. The molecule has 4 saturated carbocycles. The molecule has 0 bridgehead atoms. The number of fused-ring (bicyclic) bond motifs is 5. The molecule has 0 aromatic heterocycles. The molecule has 0 heterocycles. The number of methoxy groups -OCH3 is 2. The summed E-state index contributed by atoms with van der Waals surface area (Å²) in [4.78, 5) is 0. The van der Waals surface area contributed by atoms with Gasteiger partial charge in [-0.2, -0.15) is 0 Å². The lowest BCUT2D eigenvalue weighted by Gasteiger charge is -2.63. The van der Waals surface area contributed by atoms with Crippen molar-refractivity contribution in [1.29, 1.82) is 0 Å². The second-order valence-electron chi connectivity index (χ2n) is 10.3. The van der Waals surface area contributed by atoms with Crippen LogP contribution in [-0.4, -0.2) is 37.6 Å². The quantitative estimate of drug-likeness (QED) is 0.808. The molecule has 144 valence electrons. The monoisotopic (exact) mass is 350 g/mol. The predicted molar refractivity (Wildman–Crippen MR) is 99.3 cm³/mol. The molecule has 0 radical (unpaired) electrons. The van der Waals surface area contributed by atoms with Gasteiger partial charge in [0.05, 0.1) is 18.3 Å². The molecule has 3 nitrogen and oxygen atoms in total. The first-order valence-electron chi connectivity index (χ1n) is 10.6. The minimum atomic E-state index is -0.103. The Labute approximate surface area is 153 Å². The molecular weight excluding hydrogens is 312 g/mol. The molecule has 0 amide bonds. The van der Waals surface area contributed by atoms with Gasteiger partial charge in [-0.3, -0.25) is 0 Å². The Bertz CT molecular complexity index is 508. The number of rotatable bonds is 2. The van der Waals surface area contributed by atoms with E-state index in [0.29, 0.717) is 35.4 Å². The summed E-state index contributed by atoms with van der Waals surface area (Å²) in [5, 5.41) is 10.5. The van der Waals surface area contributed by atoms with Crippen LogP contribution >= 0.6 is 0 Å². The van der Waals surface area contributed by atoms with Crippen molar-refractivity contribution in [1.82, 2.24) is 0 Å². The maximum atomic E-state index is 10.5. The lowest BCUT2D eigenvalue weighted by atomic mass is 9.43. The summed E-state index contributed by atoms with van der Waals surface area (Å²) in [5.74, 6) is 3.30. The van der Waals surface area contributed by atoms with Gasteiger partial charge in [-0.15, -0.1) is 0 Å². The van der Waals surface area contributed by atoms with Gasteiger partial charge in [-0.25, -0.2) is 0 Å². The van der Waals surface area contributed by atoms with Gasteiger partial charge < -0.3 is 14.6 Å². The normalized spacial score (nSPS) is 58.3. The third-order valence-electron chi connectivity index (χ3n) is 9.42. The van der Waals surface area contributed by atoms with E-state index in [9.17, 15) is 5.11 Å². The largest absolute Gasteiger partial charge is 0.393 e. The Morgan fingerprint density at radius 1 is 0.920 bits per heavy atom. The summed E-state index contributed by atoms with van der Waals surface area (Å²) in [6, 6.07) is 0. The van der Waals surface area contributed by atoms with Crippen LogP contribution in [0.3, 0.4) is 0 Å². The molecule has 0 spiro atoms. The van der Waals surface area contributed by atoms with E-state index in [1.807, 2.05) is 14.2 Å². The molecular formula is C22H38O3. The second-order valence-corrected chi connectivity index (χ2v) is 10.3. The van der Waals surface area contributed by atoms with Crippen LogP contribution in [0.5, 0.6) is 0 Å². The maximum Gasteiger partial charge on any atom is 0.0628 e. The van der Waals surface area contributed by atoms with Crippen molar-refractivity contribution >= 4 is 0 Å². The van der Waals surface area contributed by atoms with E-state index < -0.39 is 0 Å². The first-order chi connectivity index (χ1) is 11.8. The Morgan fingerprint density at radius 3 is 2.36 bits per heavy atom. The molecule has 0 unspecified atom stereocenters. The van der Waals surface area contributed by atoms with Crippen LogP contribution < -0.4 is 0 Å². The summed E-state index contributed by atoms with van der Waals surface area (Å²) < 4.78 is 12.1. The Balaban J connectivity index is 1.70. The van der Waals surface area contributed by atoms with Crippen molar-refractivity contribution in [2.24, 2.45) is 40.4 Å². The molecule has 4 rings (SSSR count). The molecule has 3 heteroatoms. The molecule has 1 N–H and O–H groups in total. The van der Waals surface area contributed by atoms with Crippen LogP contribution in [0.15, 0.2) is 0 Å². The van der Waals surface area contributed by atoms with E-state index in [1.54, 1.807) is 0 Å². The van der Waals surface area contributed by atoms with E-state index in [1.165, 1.54) is 25.7 Å². The average molecular weight is 351 g/mol. The minimum absolute atomic E-state index is 0.103. The topological polar surface area (TPSA) is 38.7 Å². The van der Waals surface area contributed by atoms with Gasteiger partial charge in [-0.05, 0) is 85.4 Å². The molecule has 0 aromatic rings.